The van der Waals surface area contributed by atoms with E-state index in [9.17, 15) is 17.6 Å². The van der Waals surface area contributed by atoms with Crippen LogP contribution in [0.25, 0.3) is 0 Å². The second kappa shape index (κ2) is 5.24. The number of hydrogen-bond acceptors (Lipinski definition) is 3. The summed E-state index contributed by atoms with van der Waals surface area (Å²) >= 11 is 0. The van der Waals surface area contributed by atoms with Gasteiger partial charge in [0.1, 0.15) is 12.4 Å². The maximum atomic E-state index is 12.9. The SMILES string of the molecule is CCN(CC(=O)O)S(=O)(=O)c1cccc(F)c1. The lowest BCUT2D eigenvalue weighted by Crippen LogP contribution is -2.35. The summed E-state index contributed by atoms with van der Waals surface area (Å²) in [6.07, 6.45) is 0. The average Bonchev–Trinajstić information content (AvgIpc) is 2.25. The van der Waals surface area contributed by atoms with Gasteiger partial charge < -0.3 is 5.11 Å². The predicted molar refractivity (Wildman–Crippen MR) is 58.5 cm³/mol. The van der Waals surface area contributed by atoms with Crippen molar-refractivity contribution in [1.29, 1.82) is 0 Å². The molecule has 1 aromatic carbocycles. The molecule has 0 atom stereocenters. The number of rotatable bonds is 5. The molecule has 0 aromatic heterocycles. The molecule has 0 fully saturated rings. The van der Waals surface area contributed by atoms with Gasteiger partial charge in [0, 0.05) is 6.54 Å². The normalized spacial score (nSPS) is 11.7. The molecule has 0 radical (unpaired) electrons. The minimum absolute atomic E-state index is 0.00511. The second-order valence-corrected chi connectivity index (χ2v) is 5.22. The highest BCUT2D eigenvalue weighted by Gasteiger charge is 2.25. The summed E-state index contributed by atoms with van der Waals surface area (Å²) in [5.74, 6) is -1.94. The molecular formula is C10H12FNO4S. The number of carboxylic acid groups (broad SMARTS) is 1. The topological polar surface area (TPSA) is 74.7 Å². The molecule has 0 saturated carbocycles. The van der Waals surface area contributed by atoms with E-state index in [1.165, 1.54) is 19.1 Å². The smallest absolute Gasteiger partial charge is 0.318 e. The molecule has 7 heteroatoms. The molecule has 0 bridgehead atoms. The maximum absolute atomic E-state index is 12.9. The van der Waals surface area contributed by atoms with E-state index in [4.69, 9.17) is 5.11 Å². The minimum Gasteiger partial charge on any atom is -0.480 e. The standard InChI is InChI=1S/C10H12FNO4S/c1-2-12(7-10(13)14)17(15,16)9-5-3-4-8(11)6-9/h3-6H,2,7H2,1H3,(H,13,14). The Morgan fingerprint density at radius 1 is 1.47 bits per heavy atom. The van der Waals surface area contributed by atoms with Gasteiger partial charge in [-0.1, -0.05) is 13.0 Å². The average molecular weight is 261 g/mol. The molecular weight excluding hydrogens is 249 g/mol. The molecule has 0 saturated heterocycles. The fourth-order valence-corrected chi connectivity index (χ4v) is 2.72. The summed E-state index contributed by atoms with van der Waals surface area (Å²) in [6, 6.07) is 4.46. The van der Waals surface area contributed by atoms with Crippen LogP contribution in [0.5, 0.6) is 0 Å². The zero-order valence-corrected chi connectivity index (χ0v) is 9.95. The molecule has 1 aromatic rings. The lowest BCUT2D eigenvalue weighted by Gasteiger charge is -2.18. The van der Waals surface area contributed by atoms with Crippen LogP contribution in [-0.2, 0) is 14.8 Å². The van der Waals surface area contributed by atoms with Crippen molar-refractivity contribution >= 4 is 16.0 Å². The largest absolute Gasteiger partial charge is 0.480 e. The van der Waals surface area contributed by atoms with Crippen LogP contribution >= 0.6 is 0 Å². The molecule has 0 aliphatic carbocycles. The van der Waals surface area contributed by atoms with E-state index in [2.05, 4.69) is 0 Å². The Morgan fingerprint density at radius 3 is 2.59 bits per heavy atom. The van der Waals surface area contributed by atoms with Gasteiger partial charge in [-0.3, -0.25) is 4.79 Å². The van der Waals surface area contributed by atoms with E-state index in [0.717, 1.165) is 16.4 Å². The van der Waals surface area contributed by atoms with Crippen molar-refractivity contribution in [1.82, 2.24) is 4.31 Å². The maximum Gasteiger partial charge on any atom is 0.318 e. The van der Waals surface area contributed by atoms with Crippen molar-refractivity contribution in [3.05, 3.63) is 30.1 Å². The van der Waals surface area contributed by atoms with Gasteiger partial charge in [0.05, 0.1) is 4.90 Å². The van der Waals surface area contributed by atoms with Gasteiger partial charge in [0.2, 0.25) is 10.0 Å². The quantitative estimate of drug-likeness (QED) is 0.855. The van der Waals surface area contributed by atoms with E-state index in [1.807, 2.05) is 0 Å². The third-order valence-electron chi connectivity index (χ3n) is 2.10. The van der Waals surface area contributed by atoms with Crippen molar-refractivity contribution in [2.75, 3.05) is 13.1 Å². The lowest BCUT2D eigenvalue weighted by molar-refractivity contribution is -0.137. The Balaban J connectivity index is 3.13. The minimum atomic E-state index is -3.96. The molecule has 0 aliphatic heterocycles. The van der Waals surface area contributed by atoms with Gasteiger partial charge in [-0.2, -0.15) is 4.31 Å². The van der Waals surface area contributed by atoms with Gasteiger partial charge in [0.15, 0.2) is 0 Å². The van der Waals surface area contributed by atoms with Crippen LogP contribution in [0.3, 0.4) is 0 Å². The molecule has 5 nitrogen and oxygen atoms in total. The first kappa shape index (κ1) is 13.6. The van der Waals surface area contributed by atoms with Gasteiger partial charge in [-0.05, 0) is 18.2 Å². The highest BCUT2D eigenvalue weighted by molar-refractivity contribution is 7.89. The number of carboxylic acids is 1. The third kappa shape index (κ3) is 3.24. The van der Waals surface area contributed by atoms with E-state index < -0.39 is 28.4 Å². The van der Waals surface area contributed by atoms with Crippen LogP contribution in [0.15, 0.2) is 29.2 Å². The number of carbonyl (C=O) groups is 1. The van der Waals surface area contributed by atoms with E-state index in [0.29, 0.717) is 0 Å². The first-order chi connectivity index (χ1) is 7.87. The van der Waals surface area contributed by atoms with E-state index >= 15 is 0 Å². The molecule has 94 valence electrons. The number of sulfonamides is 1. The highest BCUT2D eigenvalue weighted by Crippen LogP contribution is 2.16. The van der Waals surface area contributed by atoms with Crippen LogP contribution in [0.4, 0.5) is 4.39 Å². The van der Waals surface area contributed by atoms with Gasteiger partial charge in [0.25, 0.3) is 0 Å². The molecule has 17 heavy (non-hydrogen) atoms. The van der Waals surface area contributed by atoms with Crippen LogP contribution in [0.2, 0.25) is 0 Å². The van der Waals surface area contributed by atoms with Crippen LogP contribution in [-0.4, -0.2) is 36.9 Å². The number of hydrogen-bond donors (Lipinski definition) is 1. The Hall–Kier alpha value is -1.47. The van der Waals surface area contributed by atoms with Gasteiger partial charge in [-0.15, -0.1) is 0 Å². The summed E-state index contributed by atoms with van der Waals surface area (Å²) in [7, 11) is -3.96. The van der Waals surface area contributed by atoms with Crippen molar-refractivity contribution in [2.45, 2.75) is 11.8 Å². The zero-order valence-electron chi connectivity index (χ0n) is 9.13. The summed E-state index contributed by atoms with van der Waals surface area (Å²) in [4.78, 5) is 10.3. The Bertz CT molecular complexity index is 515. The number of nitrogens with zero attached hydrogens (tertiary/aromatic N) is 1. The van der Waals surface area contributed by atoms with Crippen LogP contribution < -0.4 is 0 Å². The second-order valence-electron chi connectivity index (χ2n) is 3.28. The molecule has 1 rings (SSSR count). The zero-order chi connectivity index (χ0) is 13.1. The fourth-order valence-electron chi connectivity index (χ4n) is 1.29. The molecule has 1 N–H and O–H groups in total. The molecule has 0 heterocycles. The Morgan fingerprint density at radius 2 is 2.12 bits per heavy atom. The monoisotopic (exact) mass is 261 g/mol. The number of likely N-dealkylation sites (N-methyl/N-ethyl adjacent to an activating group) is 1. The molecule has 0 aliphatic rings. The molecule has 0 unspecified atom stereocenters. The number of halogens is 1. The van der Waals surface area contributed by atoms with Gasteiger partial charge in [-0.25, -0.2) is 12.8 Å². The van der Waals surface area contributed by atoms with Crippen molar-refractivity contribution in [3.63, 3.8) is 0 Å². The third-order valence-corrected chi connectivity index (χ3v) is 4.01. The summed E-state index contributed by atoms with van der Waals surface area (Å²) < 4.78 is 37.6. The molecule has 0 spiro atoms. The fraction of sp³-hybridized carbons (Fsp3) is 0.300. The Kier molecular flexibility index (Phi) is 4.19. The van der Waals surface area contributed by atoms with E-state index in [-0.39, 0.29) is 11.4 Å². The predicted octanol–water partition coefficient (Wildman–Crippen LogP) is 0.921. The van der Waals surface area contributed by atoms with Crippen LogP contribution in [0.1, 0.15) is 6.92 Å². The van der Waals surface area contributed by atoms with Gasteiger partial charge >= 0.3 is 5.97 Å². The van der Waals surface area contributed by atoms with Crippen LogP contribution in [0, 0.1) is 5.82 Å². The first-order valence-corrected chi connectivity index (χ1v) is 6.29. The Labute approximate surface area is 98.5 Å². The first-order valence-electron chi connectivity index (χ1n) is 4.85. The summed E-state index contributed by atoms with van der Waals surface area (Å²) in [5, 5.41) is 8.60. The van der Waals surface area contributed by atoms with Crippen molar-refractivity contribution in [3.8, 4) is 0 Å². The van der Waals surface area contributed by atoms with E-state index in [1.54, 1.807) is 0 Å². The summed E-state index contributed by atoms with van der Waals surface area (Å²) in [5.41, 5.74) is 0. The summed E-state index contributed by atoms with van der Waals surface area (Å²) in [6.45, 7) is 0.875. The van der Waals surface area contributed by atoms with Crippen molar-refractivity contribution in [2.24, 2.45) is 0 Å². The highest BCUT2D eigenvalue weighted by atomic mass is 32.2. The lowest BCUT2D eigenvalue weighted by atomic mass is 10.4. The molecule has 0 amide bonds. The number of aliphatic carboxylic acids is 1. The number of benzene rings is 1. The van der Waals surface area contributed by atoms with Crippen molar-refractivity contribution < 1.29 is 22.7 Å².